The fraction of sp³-hybridized carbons (Fsp3) is 0.778. The third-order valence-electron chi connectivity index (χ3n) is 1.93. The van der Waals surface area contributed by atoms with Gasteiger partial charge in [-0.15, -0.1) is 0 Å². The van der Waals surface area contributed by atoms with Crippen molar-refractivity contribution in [2.75, 3.05) is 27.2 Å². The lowest BCUT2D eigenvalue weighted by atomic mass is 10.2. The van der Waals surface area contributed by atoms with Gasteiger partial charge in [0.25, 0.3) is 5.91 Å². The van der Waals surface area contributed by atoms with Gasteiger partial charge in [-0.25, -0.2) is 0 Å². The van der Waals surface area contributed by atoms with E-state index >= 15 is 0 Å². The molecule has 3 N–H and O–H groups in total. The molecule has 0 heterocycles. The molecule has 2 amide bonds. The number of rotatable bonds is 7. The summed E-state index contributed by atoms with van der Waals surface area (Å²) in [5, 5.41) is 14.3. The van der Waals surface area contributed by atoms with Crippen molar-refractivity contribution in [1.29, 1.82) is 0 Å². The first kappa shape index (κ1) is 13.9. The first-order valence-electron chi connectivity index (χ1n) is 4.79. The Bertz CT molecular complexity index is 209. The molecule has 2 atom stereocenters. The van der Waals surface area contributed by atoms with Crippen molar-refractivity contribution in [3.63, 3.8) is 0 Å². The molecule has 0 fully saturated rings. The Morgan fingerprint density at radius 1 is 1.53 bits per heavy atom. The lowest BCUT2D eigenvalue weighted by Gasteiger charge is -2.18. The van der Waals surface area contributed by atoms with Gasteiger partial charge < -0.3 is 20.6 Å². The van der Waals surface area contributed by atoms with Crippen molar-refractivity contribution in [3.05, 3.63) is 0 Å². The number of carbonyl (C=O) groups excluding carboxylic acids is 2. The highest BCUT2D eigenvalue weighted by Crippen LogP contribution is 1.91. The highest BCUT2D eigenvalue weighted by Gasteiger charge is 2.21. The molecule has 0 rings (SSSR count). The molecule has 0 aromatic heterocycles. The maximum Gasteiger partial charge on any atom is 0.251 e. The molecular formula is C9H19N3O3. The Hall–Kier alpha value is -1.14. The summed E-state index contributed by atoms with van der Waals surface area (Å²) in [6.45, 7) is 2.73. The predicted octanol–water partition coefficient (Wildman–Crippen LogP) is -1.84. The number of carbonyl (C=O) groups is 2. The molecule has 6 nitrogen and oxygen atoms in total. The van der Waals surface area contributed by atoms with Crippen LogP contribution in [0.15, 0.2) is 0 Å². The Morgan fingerprint density at radius 2 is 2.13 bits per heavy atom. The summed E-state index contributed by atoms with van der Waals surface area (Å²) in [5.74, 6) is -0.473. The molecule has 6 heteroatoms. The van der Waals surface area contributed by atoms with E-state index in [2.05, 4.69) is 10.6 Å². The minimum absolute atomic E-state index is 0.459. The highest BCUT2D eigenvalue weighted by atomic mass is 16.3. The van der Waals surface area contributed by atoms with Gasteiger partial charge in [0, 0.05) is 13.1 Å². The quantitative estimate of drug-likeness (QED) is 0.438. The van der Waals surface area contributed by atoms with E-state index in [9.17, 15) is 14.7 Å². The van der Waals surface area contributed by atoms with Crippen molar-refractivity contribution in [2.24, 2.45) is 0 Å². The molecule has 0 radical (unpaired) electrons. The average Bonchev–Trinajstić information content (AvgIpc) is 2.16. The van der Waals surface area contributed by atoms with Gasteiger partial charge in [0.05, 0.1) is 6.04 Å². The van der Waals surface area contributed by atoms with E-state index in [1.807, 2.05) is 19.0 Å². The molecule has 0 aliphatic rings. The van der Waals surface area contributed by atoms with Crippen LogP contribution in [-0.4, -0.2) is 61.7 Å². The van der Waals surface area contributed by atoms with Crippen LogP contribution < -0.4 is 10.6 Å². The second kappa shape index (κ2) is 7.19. The highest BCUT2D eigenvalue weighted by molar-refractivity contribution is 5.81. The lowest BCUT2D eigenvalue weighted by Crippen LogP contribution is -2.48. The van der Waals surface area contributed by atoms with Crippen LogP contribution in [0.4, 0.5) is 0 Å². The standard InChI is InChI=1S/C9H19N3O3/c1-7(11-6-13)8(14)9(15)10-4-5-12(2)3/h6-8,14H,4-5H2,1-3H3,(H,10,15)(H,11,13). The lowest BCUT2D eigenvalue weighted by molar-refractivity contribution is -0.130. The van der Waals surface area contributed by atoms with Gasteiger partial charge in [-0.1, -0.05) is 0 Å². The number of hydrogen-bond acceptors (Lipinski definition) is 4. The number of aliphatic hydroxyl groups excluding tert-OH is 1. The normalized spacial score (nSPS) is 14.5. The predicted molar refractivity (Wildman–Crippen MR) is 56.2 cm³/mol. The van der Waals surface area contributed by atoms with Crippen LogP contribution in [0.5, 0.6) is 0 Å². The van der Waals surface area contributed by atoms with E-state index in [-0.39, 0.29) is 0 Å². The third-order valence-corrected chi connectivity index (χ3v) is 1.93. The number of nitrogens with one attached hydrogen (secondary N) is 2. The summed E-state index contributed by atoms with van der Waals surface area (Å²) in [5.41, 5.74) is 0. The van der Waals surface area contributed by atoms with Gasteiger partial charge in [-0.2, -0.15) is 0 Å². The van der Waals surface area contributed by atoms with Crippen molar-refractivity contribution >= 4 is 12.3 Å². The summed E-state index contributed by atoms with van der Waals surface area (Å²) < 4.78 is 0. The number of hydrogen-bond donors (Lipinski definition) is 3. The molecule has 0 bridgehead atoms. The second-order valence-corrected chi connectivity index (χ2v) is 3.61. The molecule has 0 saturated carbocycles. The van der Waals surface area contributed by atoms with Crippen LogP contribution in [0.1, 0.15) is 6.92 Å². The topological polar surface area (TPSA) is 81.7 Å². The Labute approximate surface area is 89.6 Å². The van der Waals surface area contributed by atoms with E-state index < -0.39 is 18.1 Å². The van der Waals surface area contributed by atoms with Crippen LogP contribution in [0.25, 0.3) is 0 Å². The maximum absolute atomic E-state index is 11.3. The monoisotopic (exact) mass is 217 g/mol. The Balaban J connectivity index is 3.83. The second-order valence-electron chi connectivity index (χ2n) is 3.61. The molecule has 0 spiro atoms. The first-order valence-corrected chi connectivity index (χ1v) is 4.79. The zero-order chi connectivity index (χ0) is 11.8. The first-order chi connectivity index (χ1) is 6.99. The molecule has 2 unspecified atom stereocenters. The zero-order valence-electron chi connectivity index (χ0n) is 9.36. The molecule has 0 aromatic carbocycles. The van der Waals surface area contributed by atoms with E-state index in [0.29, 0.717) is 19.5 Å². The maximum atomic E-state index is 11.3. The summed E-state index contributed by atoms with van der Waals surface area (Å²) in [6, 6.07) is -0.582. The summed E-state index contributed by atoms with van der Waals surface area (Å²) >= 11 is 0. The van der Waals surface area contributed by atoms with Crippen molar-refractivity contribution in [3.8, 4) is 0 Å². The zero-order valence-corrected chi connectivity index (χ0v) is 9.36. The minimum Gasteiger partial charge on any atom is -0.381 e. The number of likely N-dealkylation sites (N-methyl/N-ethyl adjacent to an activating group) is 1. The van der Waals surface area contributed by atoms with Gasteiger partial charge in [-0.3, -0.25) is 9.59 Å². The van der Waals surface area contributed by atoms with Crippen LogP contribution >= 0.6 is 0 Å². The Morgan fingerprint density at radius 3 is 2.60 bits per heavy atom. The summed E-state index contributed by atoms with van der Waals surface area (Å²) in [7, 11) is 3.78. The van der Waals surface area contributed by atoms with Gasteiger partial charge in [0.15, 0.2) is 6.10 Å². The largest absolute Gasteiger partial charge is 0.381 e. The van der Waals surface area contributed by atoms with Crippen LogP contribution in [0.3, 0.4) is 0 Å². The fourth-order valence-electron chi connectivity index (χ4n) is 0.933. The molecule has 0 saturated heterocycles. The molecular weight excluding hydrogens is 198 g/mol. The minimum atomic E-state index is -1.21. The van der Waals surface area contributed by atoms with Gasteiger partial charge in [-0.05, 0) is 21.0 Å². The molecule has 0 aliphatic heterocycles. The van der Waals surface area contributed by atoms with E-state index in [1.54, 1.807) is 6.92 Å². The summed E-state index contributed by atoms with van der Waals surface area (Å²) in [4.78, 5) is 23.3. The number of nitrogens with zero attached hydrogens (tertiary/aromatic N) is 1. The van der Waals surface area contributed by atoms with Gasteiger partial charge in [0.2, 0.25) is 6.41 Å². The van der Waals surface area contributed by atoms with Crippen molar-refractivity contribution < 1.29 is 14.7 Å². The Kier molecular flexibility index (Phi) is 6.64. The van der Waals surface area contributed by atoms with Crippen molar-refractivity contribution in [1.82, 2.24) is 15.5 Å². The molecule has 0 aromatic rings. The smallest absolute Gasteiger partial charge is 0.251 e. The van der Waals surface area contributed by atoms with Crippen LogP contribution in [-0.2, 0) is 9.59 Å². The number of aliphatic hydroxyl groups is 1. The van der Waals surface area contributed by atoms with Crippen molar-refractivity contribution in [2.45, 2.75) is 19.1 Å². The van der Waals surface area contributed by atoms with E-state index in [0.717, 1.165) is 0 Å². The third kappa shape index (κ3) is 6.03. The fourth-order valence-corrected chi connectivity index (χ4v) is 0.933. The average molecular weight is 217 g/mol. The van der Waals surface area contributed by atoms with Crippen LogP contribution in [0, 0.1) is 0 Å². The molecule has 15 heavy (non-hydrogen) atoms. The molecule has 0 aliphatic carbocycles. The SMILES string of the molecule is CC(NC=O)C(O)C(=O)NCCN(C)C. The van der Waals surface area contributed by atoms with Crippen LogP contribution in [0.2, 0.25) is 0 Å². The summed E-state index contributed by atoms with van der Waals surface area (Å²) in [6.07, 6.45) is -0.751. The molecule has 88 valence electrons. The van der Waals surface area contributed by atoms with Gasteiger partial charge in [0.1, 0.15) is 0 Å². The number of amides is 2. The van der Waals surface area contributed by atoms with E-state index in [1.165, 1.54) is 0 Å². The van der Waals surface area contributed by atoms with E-state index in [4.69, 9.17) is 0 Å². The van der Waals surface area contributed by atoms with Gasteiger partial charge >= 0.3 is 0 Å².